The highest BCUT2D eigenvalue weighted by atomic mass is 35.5. The number of aromatic nitrogens is 2. The zero-order chi connectivity index (χ0) is 27.4. The Hall–Kier alpha value is -2.79. The molecule has 1 saturated heterocycles. The Kier molecular flexibility index (Phi) is 6.88. The van der Waals surface area contributed by atoms with Gasteiger partial charge in [-0.25, -0.2) is 22.6 Å². The molecule has 8 nitrogen and oxygen atoms in total. The van der Waals surface area contributed by atoms with Crippen molar-refractivity contribution in [3.05, 3.63) is 75.5 Å². The number of carboxylic acids is 1. The predicted molar refractivity (Wildman–Crippen MR) is 139 cm³/mol. The summed E-state index contributed by atoms with van der Waals surface area (Å²) in [5.41, 5.74) is -0.195. The molecule has 1 aromatic carbocycles. The van der Waals surface area contributed by atoms with Gasteiger partial charge in [0.2, 0.25) is 5.91 Å². The number of rotatable bonds is 6. The van der Waals surface area contributed by atoms with Gasteiger partial charge in [-0.05, 0) is 60.7 Å². The maximum atomic E-state index is 14.6. The van der Waals surface area contributed by atoms with Crippen molar-refractivity contribution in [1.29, 1.82) is 0 Å². The van der Waals surface area contributed by atoms with Crippen molar-refractivity contribution in [1.82, 2.24) is 14.9 Å². The van der Waals surface area contributed by atoms with Gasteiger partial charge >= 0.3 is 5.97 Å². The van der Waals surface area contributed by atoms with E-state index in [9.17, 15) is 27.5 Å². The van der Waals surface area contributed by atoms with E-state index in [1.54, 1.807) is 18.2 Å². The van der Waals surface area contributed by atoms with E-state index >= 15 is 0 Å². The first-order valence-electron chi connectivity index (χ1n) is 11.4. The van der Waals surface area contributed by atoms with Crippen molar-refractivity contribution >= 4 is 56.5 Å². The molecule has 0 radical (unpaired) electrons. The minimum absolute atomic E-state index is 0.0557. The summed E-state index contributed by atoms with van der Waals surface area (Å²) in [6.45, 7) is -0.382. The van der Waals surface area contributed by atoms with Crippen LogP contribution in [0, 0.1) is 5.82 Å². The Morgan fingerprint density at radius 3 is 2.37 bits per heavy atom. The van der Waals surface area contributed by atoms with Gasteiger partial charge in [-0.1, -0.05) is 40.9 Å². The van der Waals surface area contributed by atoms with Crippen LogP contribution in [0.25, 0.3) is 11.1 Å². The summed E-state index contributed by atoms with van der Waals surface area (Å²) in [7, 11) is -4.15. The molecular weight excluding hydrogens is 580 g/mol. The lowest BCUT2D eigenvalue weighted by Crippen LogP contribution is -2.46. The van der Waals surface area contributed by atoms with Gasteiger partial charge in [0.15, 0.2) is 9.84 Å². The first-order valence-corrected chi connectivity index (χ1v) is 14.1. The molecule has 3 heterocycles. The molecule has 198 valence electrons. The summed E-state index contributed by atoms with van der Waals surface area (Å²) in [4.78, 5) is 34.4. The average molecular weight is 599 g/mol. The van der Waals surface area contributed by atoms with Crippen molar-refractivity contribution in [3.63, 3.8) is 0 Å². The van der Waals surface area contributed by atoms with Gasteiger partial charge in [0.1, 0.15) is 17.0 Å². The number of benzene rings is 1. The van der Waals surface area contributed by atoms with Crippen molar-refractivity contribution < 1.29 is 27.5 Å². The van der Waals surface area contributed by atoms with E-state index in [1.165, 1.54) is 24.5 Å². The molecule has 2 aromatic heterocycles. The lowest BCUT2D eigenvalue weighted by Gasteiger charge is -2.26. The van der Waals surface area contributed by atoms with Gasteiger partial charge < -0.3 is 10.0 Å². The fraction of sp³-hybridized carbons (Fsp3) is 0.280. The van der Waals surface area contributed by atoms with Crippen molar-refractivity contribution in [2.24, 2.45) is 0 Å². The van der Waals surface area contributed by atoms with Crippen LogP contribution in [-0.4, -0.2) is 58.1 Å². The molecule has 13 heteroatoms. The summed E-state index contributed by atoms with van der Waals surface area (Å²) in [5, 5.41) is 8.86. The number of hydrogen-bond donors (Lipinski definition) is 1. The van der Waals surface area contributed by atoms with E-state index in [2.05, 4.69) is 9.97 Å². The van der Waals surface area contributed by atoms with Crippen LogP contribution >= 0.6 is 34.8 Å². The molecule has 3 aromatic rings. The third kappa shape index (κ3) is 4.64. The number of carbonyl (C=O) groups is 2. The highest BCUT2D eigenvalue weighted by molar-refractivity contribution is 7.92. The number of nitrogens with zero attached hydrogens (tertiary/aromatic N) is 3. The Balaban J connectivity index is 1.44. The van der Waals surface area contributed by atoms with Gasteiger partial charge in [-0.15, -0.1) is 0 Å². The number of amides is 1. The summed E-state index contributed by atoms with van der Waals surface area (Å²) in [6, 6.07) is 7.30. The van der Waals surface area contributed by atoms with E-state index in [1.807, 2.05) is 0 Å². The minimum Gasteiger partial charge on any atom is -0.480 e. The standard InChI is InChI=1S/C25H19Cl3FN3O5S/c26-15-9-18(29)22(31-11-15)25(4-5-25)24(35)32-12-16(10-19(32)23(33)34)38(36,37)20-2-1-13(7-17(20)27)14-3-6-30-21(28)8-14/h1-3,6-9,11,16,19H,4-5,10,12H2,(H,33,34)/t16-,19+/m1/s1. The highest BCUT2D eigenvalue weighted by Crippen LogP contribution is 2.51. The third-order valence-corrected chi connectivity index (χ3v) is 9.99. The van der Waals surface area contributed by atoms with Crippen LogP contribution in [0.5, 0.6) is 0 Å². The summed E-state index contributed by atoms with van der Waals surface area (Å²) in [6.07, 6.45) is 2.89. The maximum absolute atomic E-state index is 14.6. The van der Waals surface area contributed by atoms with Gasteiger partial charge in [-0.3, -0.25) is 9.78 Å². The maximum Gasteiger partial charge on any atom is 0.326 e. The van der Waals surface area contributed by atoms with E-state index in [0.29, 0.717) is 11.1 Å². The van der Waals surface area contributed by atoms with Crippen LogP contribution in [0.15, 0.2) is 53.7 Å². The SMILES string of the molecule is O=C(O)[C@@H]1C[C@@H](S(=O)(=O)c2ccc(-c3ccnc(Cl)c3)cc2Cl)CN1C(=O)C1(c2ncc(Cl)cc2F)CC1. The number of likely N-dealkylation sites (tertiary alicyclic amines) is 1. The highest BCUT2D eigenvalue weighted by Gasteiger charge is 2.59. The van der Waals surface area contributed by atoms with Gasteiger partial charge in [-0.2, -0.15) is 0 Å². The monoisotopic (exact) mass is 597 g/mol. The van der Waals surface area contributed by atoms with Crippen molar-refractivity contribution in [3.8, 4) is 11.1 Å². The fourth-order valence-electron chi connectivity index (χ4n) is 4.87. The Labute approximate surface area is 232 Å². The third-order valence-electron chi connectivity index (χ3n) is 6.97. The normalized spacial score (nSPS) is 20.4. The molecule has 1 amide bonds. The van der Waals surface area contributed by atoms with Crippen molar-refractivity contribution in [2.45, 2.75) is 40.9 Å². The van der Waals surface area contributed by atoms with Crippen LogP contribution in [0.1, 0.15) is 25.0 Å². The minimum atomic E-state index is -4.15. The van der Waals surface area contributed by atoms with Crippen LogP contribution < -0.4 is 0 Å². The lowest BCUT2D eigenvalue weighted by molar-refractivity contribution is -0.149. The molecule has 1 aliphatic carbocycles. The van der Waals surface area contributed by atoms with E-state index in [4.69, 9.17) is 34.8 Å². The molecular formula is C25H19Cl3FN3O5S. The quantitative estimate of drug-likeness (QED) is 0.405. The van der Waals surface area contributed by atoms with E-state index in [0.717, 1.165) is 11.0 Å². The molecule has 2 atom stereocenters. The molecule has 0 spiro atoms. The topological polar surface area (TPSA) is 118 Å². The summed E-state index contributed by atoms with van der Waals surface area (Å²) >= 11 is 18.1. The first kappa shape index (κ1) is 26.8. The van der Waals surface area contributed by atoms with Crippen LogP contribution in [0.2, 0.25) is 15.2 Å². The largest absolute Gasteiger partial charge is 0.480 e. The van der Waals surface area contributed by atoms with Gasteiger partial charge in [0.25, 0.3) is 0 Å². The second-order valence-electron chi connectivity index (χ2n) is 9.29. The second kappa shape index (κ2) is 9.75. The van der Waals surface area contributed by atoms with Crippen LogP contribution in [0.3, 0.4) is 0 Å². The number of carbonyl (C=O) groups excluding carboxylic acids is 1. The average Bonchev–Trinajstić information content (AvgIpc) is 3.52. The molecule has 38 heavy (non-hydrogen) atoms. The van der Waals surface area contributed by atoms with Crippen LogP contribution in [0.4, 0.5) is 4.39 Å². The molecule has 2 aliphatic rings. The number of sulfone groups is 1. The molecule has 1 N–H and O–H groups in total. The van der Waals surface area contributed by atoms with E-state index in [-0.39, 0.29) is 51.6 Å². The number of halogens is 4. The molecule has 1 aliphatic heterocycles. The Bertz CT molecular complexity index is 1580. The molecule has 1 saturated carbocycles. The lowest BCUT2D eigenvalue weighted by atomic mass is 9.98. The second-order valence-corrected chi connectivity index (χ2v) is 12.7. The number of hydrogen-bond acceptors (Lipinski definition) is 6. The van der Waals surface area contributed by atoms with Gasteiger partial charge in [0.05, 0.1) is 31.3 Å². The zero-order valence-corrected chi connectivity index (χ0v) is 22.5. The van der Waals surface area contributed by atoms with E-state index < -0.39 is 44.2 Å². The van der Waals surface area contributed by atoms with Crippen LogP contribution in [-0.2, 0) is 24.8 Å². The summed E-state index contributed by atoms with van der Waals surface area (Å²) < 4.78 is 41.8. The molecule has 2 fully saturated rings. The fourth-order valence-corrected chi connectivity index (χ4v) is 7.43. The molecule has 0 unspecified atom stereocenters. The molecule has 0 bridgehead atoms. The smallest absolute Gasteiger partial charge is 0.326 e. The Morgan fingerprint density at radius 1 is 1.05 bits per heavy atom. The first-order chi connectivity index (χ1) is 17.9. The number of carboxylic acid groups (broad SMARTS) is 1. The van der Waals surface area contributed by atoms with Gasteiger partial charge in [0, 0.05) is 18.9 Å². The van der Waals surface area contributed by atoms with Crippen molar-refractivity contribution in [2.75, 3.05) is 6.54 Å². The number of pyridine rings is 2. The zero-order valence-electron chi connectivity index (χ0n) is 19.4. The Morgan fingerprint density at radius 2 is 1.76 bits per heavy atom. The molecule has 5 rings (SSSR count). The predicted octanol–water partition coefficient (Wildman–Crippen LogP) is 4.80. The number of aliphatic carboxylic acids is 1. The summed E-state index contributed by atoms with van der Waals surface area (Å²) in [5.74, 6) is -2.80.